The average molecular weight is 455 g/mol. The van der Waals surface area contributed by atoms with E-state index in [1.165, 1.54) is 4.68 Å². The van der Waals surface area contributed by atoms with Crippen LogP contribution in [0.1, 0.15) is 5.56 Å². The number of rotatable bonds is 5. The molecule has 7 nitrogen and oxygen atoms in total. The molecule has 0 aliphatic carbocycles. The van der Waals surface area contributed by atoms with E-state index in [9.17, 15) is 0 Å². The molecule has 9 heteroatoms. The highest BCUT2D eigenvalue weighted by Gasteiger charge is 2.13. The molecule has 2 aromatic heterocycles. The molecule has 0 radical (unpaired) electrons. The summed E-state index contributed by atoms with van der Waals surface area (Å²) in [5.41, 5.74) is 3.33. The second kappa shape index (κ2) is 7.91. The maximum absolute atomic E-state index is 5.38. The van der Waals surface area contributed by atoms with E-state index in [1.54, 1.807) is 13.3 Å². The molecule has 0 atom stereocenters. The van der Waals surface area contributed by atoms with Gasteiger partial charge in [-0.25, -0.2) is 5.10 Å². The molecule has 4 rings (SSSR count). The Morgan fingerprint density at radius 3 is 2.71 bits per heavy atom. The lowest BCUT2D eigenvalue weighted by atomic mass is 10.1. The molecule has 4 aromatic rings. The molecule has 0 saturated heterocycles. The van der Waals surface area contributed by atoms with Crippen LogP contribution in [0.15, 0.2) is 64.2 Å². The second-order valence-electron chi connectivity index (χ2n) is 5.83. The maximum atomic E-state index is 5.38. The van der Waals surface area contributed by atoms with E-state index in [1.807, 2.05) is 54.6 Å². The van der Waals surface area contributed by atoms with E-state index in [4.69, 9.17) is 17.0 Å². The van der Waals surface area contributed by atoms with Crippen molar-refractivity contribution in [2.75, 3.05) is 7.11 Å². The van der Waals surface area contributed by atoms with Crippen LogP contribution in [0.2, 0.25) is 0 Å². The number of benzene rings is 2. The maximum Gasteiger partial charge on any atom is 0.216 e. The number of halogens is 1. The van der Waals surface area contributed by atoms with Crippen molar-refractivity contribution in [3.8, 4) is 28.5 Å². The van der Waals surface area contributed by atoms with Gasteiger partial charge in [-0.2, -0.15) is 20.0 Å². The Morgan fingerprint density at radius 1 is 1.11 bits per heavy atom. The van der Waals surface area contributed by atoms with Gasteiger partial charge >= 0.3 is 0 Å². The zero-order chi connectivity index (χ0) is 19.5. The number of hydrogen-bond donors (Lipinski definition) is 2. The standard InChI is InChI=1S/C19H15BrN6OS/c1-27-17-8-7-14(20)9-13(17)11-21-26-18(24-25-19(26)28)16-10-15(22-23-16)12-5-3-2-4-6-12/h2-11H,1H3,(H,22,23)(H,25,28)/b21-11-. The number of hydrogen-bond acceptors (Lipinski definition) is 5. The molecule has 2 N–H and O–H groups in total. The SMILES string of the molecule is COc1ccc(Br)cc1/C=N\n1c(-c2cc(-c3ccccc3)n[nH]2)n[nH]c1=S. The van der Waals surface area contributed by atoms with Crippen molar-refractivity contribution in [2.45, 2.75) is 0 Å². The Labute approximate surface area is 174 Å². The van der Waals surface area contributed by atoms with Crippen LogP contribution in [0.4, 0.5) is 0 Å². The highest BCUT2D eigenvalue weighted by atomic mass is 79.9. The van der Waals surface area contributed by atoms with Crippen molar-refractivity contribution in [3.05, 3.63) is 69.4 Å². The van der Waals surface area contributed by atoms with Crippen molar-refractivity contribution in [2.24, 2.45) is 5.10 Å². The molecule has 0 amide bonds. The molecule has 0 aliphatic rings. The van der Waals surface area contributed by atoms with Crippen LogP contribution in [0, 0.1) is 4.77 Å². The third kappa shape index (κ3) is 3.67. The molecule has 0 bridgehead atoms. The fraction of sp³-hybridized carbons (Fsp3) is 0.0526. The van der Waals surface area contributed by atoms with E-state index < -0.39 is 0 Å². The van der Waals surface area contributed by atoms with Crippen LogP contribution in [-0.4, -0.2) is 38.4 Å². The fourth-order valence-corrected chi connectivity index (χ4v) is 3.25. The van der Waals surface area contributed by atoms with Crippen molar-refractivity contribution in [1.82, 2.24) is 25.1 Å². The van der Waals surface area contributed by atoms with Crippen LogP contribution < -0.4 is 4.74 Å². The minimum atomic E-state index is 0.371. The summed E-state index contributed by atoms with van der Waals surface area (Å²) in [6, 6.07) is 17.5. The Kier molecular flexibility index (Phi) is 5.18. The molecule has 0 unspecified atom stereocenters. The molecule has 2 heterocycles. The van der Waals surface area contributed by atoms with Crippen molar-refractivity contribution in [3.63, 3.8) is 0 Å². The first-order chi connectivity index (χ1) is 13.7. The summed E-state index contributed by atoms with van der Waals surface area (Å²) in [7, 11) is 1.62. The van der Waals surface area contributed by atoms with E-state index >= 15 is 0 Å². The number of methoxy groups -OCH3 is 1. The molecule has 0 fully saturated rings. The third-order valence-electron chi connectivity index (χ3n) is 4.04. The van der Waals surface area contributed by atoms with Crippen LogP contribution in [-0.2, 0) is 0 Å². The third-order valence-corrected chi connectivity index (χ3v) is 4.80. The first kappa shape index (κ1) is 18.3. The molecule has 140 valence electrons. The summed E-state index contributed by atoms with van der Waals surface area (Å²) in [4.78, 5) is 0. The second-order valence-corrected chi connectivity index (χ2v) is 7.13. The van der Waals surface area contributed by atoms with Crippen LogP contribution in [0.25, 0.3) is 22.8 Å². The fourth-order valence-electron chi connectivity index (χ4n) is 2.69. The predicted molar refractivity (Wildman–Crippen MR) is 114 cm³/mol. The molecule has 0 saturated carbocycles. The summed E-state index contributed by atoms with van der Waals surface area (Å²) in [5.74, 6) is 1.24. The topological polar surface area (TPSA) is 83.9 Å². The molecule has 28 heavy (non-hydrogen) atoms. The van der Waals surface area contributed by atoms with Gasteiger partial charge in [0.1, 0.15) is 11.4 Å². The van der Waals surface area contributed by atoms with Crippen molar-refractivity contribution in [1.29, 1.82) is 0 Å². The molecule has 2 aromatic carbocycles. The van der Waals surface area contributed by atoms with E-state index in [-0.39, 0.29) is 0 Å². The van der Waals surface area contributed by atoms with Gasteiger partial charge in [-0.1, -0.05) is 46.3 Å². The number of aromatic amines is 2. The van der Waals surface area contributed by atoms with Gasteiger partial charge in [0.15, 0.2) is 0 Å². The van der Waals surface area contributed by atoms with Gasteiger partial charge in [0, 0.05) is 15.6 Å². The van der Waals surface area contributed by atoms with Crippen molar-refractivity contribution < 1.29 is 4.74 Å². The number of ether oxygens (including phenoxy) is 1. The normalized spacial score (nSPS) is 11.2. The number of nitrogens with one attached hydrogen (secondary N) is 2. The van der Waals surface area contributed by atoms with Crippen LogP contribution >= 0.6 is 28.1 Å². The minimum absolute atomic E-state index is 0.371. The summed E-state index contributed by atoms with van der Waals surface area (Å²) in [6.45, 7) is 0. The van der Waals surface area contributed by atoms with Crippen LogP contribution in [0.5, 0.6) is 5.75 Å². The average Bonchev–Trinajstić information content (AvgIpc) is 3.34. The van der Waals surface area contributed by atoms with Gasteiger partial charge < -0.3 is 4.74 Å². The Bertz CT molecular complexity index is 1190. The van der Waals surface area contributed by atoms with Gasteiger partial charge in [-0.05, 0) is 36.5 Å². The zero-order valence-electron chi connectivity index (χ0n) is 14.8. The molecule has 0 aliphatic heterocycles. The molecule has 0 spiro atoms. The van der Waals surface area contributed by atoms with Gasteiger partial charge in [0.25, 0.3) is 0 Å². The quantitative estimate of drug-likeness (QED) is 0.339. The summed E-state index contributed by atoms with van der Waals surface area (Å²) < 4.78 is 8.21. The largest absolute Gasteiger partial charge is 0.496 e. The lowest BCUT2D eigenvalue weighted by molar-refractivity contribution is 0.414. The summed E-state index contributed by atoms with van der Waals surface area (Å²) in [6.07, 6.45) is 1.67. The lowest BCUT2D eigenvalue weighted by Crippen LogP contribution is -1.97. The van der Waals surface area contributed by atoms with Gasteiger partial charge in [-0.15, -0.1) is 0 Å². The first-order valence-electron chi connectivity index (χ1n) is 8.32. The number of nitrogens with zero attached hydrogens (tertiary/aromatic N) is 4. The Balaban J connectivity index is 1.71. The van der Waals surface area contributed by atoms with Gasteiger partial charge in [-0.3, -0.25) is 5.10 Å². The summed E-state index contributed by atoms with van der Waals surface area (Å²) >= 11 is 8.79. The highest BCUT2D eigenvalue weighted by molar-refractivity contribution is 9.10. The van der Waals surface area contributed by atoms with Gasteiger partial charge in [0.2, 0.25) is 10.6 Å². The van der Waals surface area contributed by atoms with E-state index in [2.05, 4.69) is 41.4 Å². The first-order valence-corrected chi connectivity index (χ1v) is 9.52. The van der Waals surface area contributed by atoms with E-state index in [0.29, 0.717) is 22.0 Å². The Hall–Kier alpha value is -3.04. The lowest BCUT2D eigenvalue weighted by Gasteiger charge is -2.04. The van der Waals surface area contributed by atoms with E-state index in [0.717, 1.165) is 21.3 Å². The zero-order valence-corrected chi connectivity index (χ0v) is 17.2. The number of H-pyrrole nitrogens is 2. The number of aromatic nitrogens is 5. The van der Waals surface area contributed by atoms with Crippen molar-refractivity contribution >= 4 is 34.4 Å². The highest BCUT2D eigenvalue weighted by Crippen LogP contribution is 2.24. The monoisotopic (exact) mass is 454 g/mol. The van der Waals surface area contributed by atoms with Gasteiger partial charge in [0.05, 0.1) is 19.0 Å². The molecular formula is C19H15BrN6OS. The predicted octanol–water partition coefficient (Wildman–Crippen LogP) is 4.65. The molecular weight excluding hydrogens is 440 g/mol. The summed E-state index contributed by atoms with van der Waals surface area (Å²) in [5, 5.41) is 18.9. The minimum Gasteiger partial charge on any atom is -0.496 e. The Morgan fingerprint density at radius 2 is 1.93 bits per heavy atom. The van der Waals surface area contributed by atoms with Crippen LogP contribution in [0.3, 0.4) is 0 Å². The smallest absolute Gasteiger partial charge is 0.216 e.